The van der Waals surface area contributed by atoms with E-state index in [2.05, 4.69) is 9.88 Å². The highest BCUT2D eigenvalue weighted by molar-refractivity contribution is 6.30. The molecule has 23 heavy (non-hydrogen) atoms. The molecule has 2 aromatic rings. The maximum atomic E-state index is 6.12. The Hall–Kier alpha value is -1.37. The molecule has 2 aliphatic rings. The van der Waals surface area contributed by atoms with Crippen LogP contribution in [0.3, 0.4) is 0 Å². The molecule has 4 rings (SSSR count). The van der Waals surface area contributed by atoms with Crippen LogP contribution in [-0.2, 0) is 9.47 Å². The molecular weight excluding hydrogens is 316 g/mol. The summed E-state index contributed by atoms with van der Waals surface area (Å²) in [6.45, 7) is 2.59. The summed E-state index contributed by atoms with van der Waals surface area (Å²) < 4.78 is 13.4. The predicted octanol–water partition coefficient (Wildman–Crippen LogP) is 3.01. The molecule has 2 aliphatic heterocycles. The lowest BCUT2D eigenvalue weighted by Gasteiger charge is -2.23. The Kier molecular flexibility index (Phi) is 4.13. The molecule has 2 aromatic heterocycles. The summed E-state index contributed by atoms with van der Waals surface area (Å²) in [4.78, 5) is 6.52. The average molecular weight is 337 g/mol. The van der Waals surface area contributed by atoms with E-state index in [0.717, 1.165) is 62.1 Å². The van der Waals surface area contributed by atoms with Gasteiger partial charge in [-0.15, -0.1) is 0 Å². The number of methoxy groups -OCH3 is 1. The van der Waals surface area contributed by atoms with Crippen LogP contribution in [0.15, 0.2) is 12.3 Å². The van der Waals surface area contributed by atoms with E-state index in [1.807, 2.05) is 16.9 Å². The Bertz CT molecular complexity index is 699. The highest BCUT2D eigenvalue weighted by Crippen LogP contribution is 2.34. The van der Waals surface area contributed by atoms with E-state index >= 15 is 0 Å². The fourth-order valence-corrected chi connectivity index (χ4v) is 3.63. The van der Waals surface area contributed by atoms with Gasteiger partial charge in [-0.1, -0.05) is 11.6 Å². The van der Waals surface area contributed by atoms with Crippen LogP contribution in [0.2, 0.25) is 5.15 Å². The Morgan fingerprint density at radius 2 is 2.26 bits per heavy atom. The van der Waals surface area contributed by atoms with Crippen LogP contribution < -0.4 is 4.90 Å². The predicted molar refractivity (Wildman–Crippen MR) is 89.0 cm³/mol. The molecular formula is C16H21ClN4O2. The van der Waals surface area contributed by atoms with Gasteiger partial charge in [0.25, 0.3) is 0 Å². The molecule has 0 N–H and O–H groups in total. The molecule has 0 amide bonds. The van der Waals surface area contributed by atoms with Crippen molar-refractivity contribution in [3.8, 4) is 0 Å². The second-order valence-electron chi connectivity index (χ2n) is 6.21. The third-order valence-electron chi connectivity index (χ3n) is 4.75. The minimum absolute atomic E-state index is 0.0145. The average Bonchev–Trinajstić information content (AvgIpc) is 3.19. The van der Waals surface area contributed by atoms with Gasteiger partial charge in [0.1, 0.15) is 5.15 Å². The van der Waals surface area contributed by atoms with E-state index in [0.29, 0.717) is 5.15 Å². The van der Waals surface area contributed by atoms with E-state index in [9.17, 15) is 0 Å². The van der Waals surface area contributed by atoms with E-state index in [-0.39, 0.29) is 12.3 Å². The minimum Gasteiger partial charge on any atom is -0.380 e. The first-order valence-corrected chi connectivity index (χ1v) is 8.57. The van der Waals surface area contributed by atoms with Gasteiger partial charge in [0.2, 0.25) is 0 Å². The smallest absolute Gasteiger partial charge is 0.160 e. The Labute approximate surface area is 140 Å². The lowest BCUT2D eigenvalue weighted by Crippen LogP contribution is -2.24. The molecule has 0 aromatic carbocycles. The van der Waals surface area contributed by atoms with Crippen LogP contribution in [0.25, 0.3) is 10.9 Å². The summed E-state index contributed by atoms with van der Waals surface area (Å²) in [6, 6.07) is 1.88. The van der Waals surface area contributed by atoms with Crippen molar-refractivity contribution in [3.63, 3.8) is 0 Å². The fraction of sp³-hybridized carbons (Fsp3) is 0.625. The van der Waals surface area contributed by atoms with Gasteiger partial charge in [0.15, 0.2) is 12.0 Å². The first-order chi connectivity index (χ1) is 11.3. The van der Waals surface area contributed by atoms with Gasteiger partial charge in [-0.25, -0.2) is 9.67 Å². The minimum atomic E-state index is -0.0145. The summed E-state index contributed by atoms with van der Waals surface area (Å²) >= 11 is 6.12. The monoisotopic (exact) mass is 336 g/mol. The van der Waals surface area contributed by atoms with E-state index in [1.165, 1.54) is 0 Å². The summed E-state index contributed by atoms with van der Waals surface area (Å²) in [5, 5.41) is 6.38. The van der Waals surface area contributed by atoms with Crippen molar-refractivity contribution in [2.75, 3.05) is 31.7 Å². The van der Waals surface area contributed by atoms with E-state index < -0.39 is 0 Å². The van der Waals surface area contributed by atoms with Gasteiger partial charge in [-0.3, -0.25) is 0 Å². The zero-order valence-corrected chi connectivity index (χ0v) is 14.0. The number of hydrogen-bond donors (Lipinski definition) is 0. The summed E-state index contributed by atoms with van der Waals surface area (Å²) in [5.41, 5.74) is 0.993. The first kappa shape index (κ1) is 15.2. The van der Waals surface area contributed by atoms with E-state index in [4.69, 9.17) is 26.2 Å². The number of aromatic nitrogens is 3. The van der Waals surface area contributed by atoms with Crippen molar-refractivity contribution in [1.29, 1.82) is 0 Å². The van der Waals surface area contributed by atoms with Crippen LogP contribution in [0.5, 0.6) is 0 Å². The SMILES string of the molecule is COC1CCN(c2nn(C3CCCCO3)c3cc(Cl)ncc23)C1. The molecule has 0 aliphatic carbocycles. The lowest BCUT2D eigenvalue weighted by atomic mass is 10.2. The maximum absolute atomic E-state index is 6.12. The van der Waals surface area contributed by atoms with Crippen molar-refractivity contribution in [1.82, 2.24) is 14.8 Å². The molecule has 2 saturated heterocycles. The van der Waals surface area contributed by atoms with Crippen LogP contribution >= 0.6 is 11.6 Å². The highest BCUT2D eigenvalue weighted by atomic mass is 35.5. The van der Waals surface area contributed by atoms with Gasteiger partial charge in [0, 0.05) is 39.1 Å². The standard InChI is InChI=1S/C16H21ClN4O2/c1-22-11-5-6-20(10-11)16-12-9-18-14(17)8-13(12)21(19-16)15-4-2-3-7-23-15/h8-9,11,15H,2-7,10H2,1H3. The maximum Gasteiger partial charge on any atom is 0.160 e. The molecule has 2 unspecified atom stereocenters. The zero-order chi connectivity index (χ0) is 15.8. The van der Waals surface area contributed by atoms with Crippen molar-refractivity contribution >= 4 is 28.3 Å². The molecule has 0 radical (unpaired) electrons. The second kappa shape index (κ2) is 6.26. The molecule has 0 spiro atoms. The molecule has 0 bridgehead atoms. The van der Waals surface area contributed by atoms with Crippen molar-refractivity contribution < 1.29 is 9.47 Å². The number of fused-ring (bicyclic) bond motifs is 1. The van der Waals surface area contributed by atoms with Crippen LogP contribution in [0, 0.1) is 0 Å². The number of rotatable bonds is 3. The van der Waals surface area contributed by atoms with Gasteiger partial charge < -0.3 is 14.4 Å². The quantitative estimate of drug-likeness (QED) is 0.806. The number of halogens is 1. The highest BCUT2D eigenvalue weighted by Gasteiger charge is 2.28. The lowest BCUT2D eigenvalue weighted by molar-refractivity contribution is -0.0365. The summed E-state index contributed by atoms with van der Waals surface area (Å²) in [5.74, 6) is 0.956. The van der Waals surface area contributed by atoms with Gasteiger partial charge in [-0.05, 0) is 25.7 Å². The number of ether oxygens (including phenoxy) is 2. The van der Waals surface area contributed by atoms with E-state index in [1.54, 1.807) is 7.11 Å². The molecule has 6 nitrogen and oxygen atoms in total. The van der Waals surface area contributed by atoms with Crippen molar-refractivity contribution in [2.24, 2.45) is 0 Å². The first-order valence-electron chi connectivity index (χ1n) is 8.19. The third-order valence-corrected chi connectivity index (χ3v) is 4.95. The number of nitrogens with zero attached hydrogens (tertiary/aromatic N) is 4. The molecule has 2 atom stereocenters. The summed E-state index contributed by atoms with van der Waals surface area (Å²) in [6.07, 6.45) is 6.35. The summed E-state index contributed by atoms with van der Waals surface area (Å²) in [7, 11) is 1.77. The molecule has 4 heterocycles. The fourth-order valence-electron chi connectivity index (χ4n) is 3.47. The largest absolute Gasteiger partial charge is 0.380 e. The van der Waals surface area contributed by atoms with Gasteiger partial charge >= 0.3 is 0 Å². The Morgan fingerprint density at radius 1 is 1.35 bits per heavy atom. The second-order valence-corrected chi connectivity index (χ2v) is 6.59. The van der Waals surface area contributed by atoms with Crippen LogP contribution in [0.1, 0.15) is 31.9 Å². The van der Waals surface area contributed by atoms with Crippen molar-refractivity contribution in [3.05, 3.63) is 17.4 Å². The number of hydrogen-bond acceptors (Lipinski definition) is 5. The molecule has 124 valence electrons. The molecule has 2 fully saturated rings. The third kappa shape index (κ3) is 2.79. The van der Waals surface area contributed by atoms with Crippen LogP contribution in [-0.4, -0.2) is 47.7 Å². The van der Waals surface area contributed by atoms with Gasteiger partial charge in [-0.2, -0.15) is 5.10 Å². The normalized spacial score (nSPS) is 25.4. The van der Waals surface area contributed by atoms with Crippen molar-refractivity contribution in [2.45, 2.75) is 38.0 Å². The Balaban J connectivity index is 1.76. The zero-order valence-electron chi connectivity index (χ0n) is 13.2. The van der Waals surface area contributed by atoms with Gasteiger partial charge in [0.05, 0.1) is 17.0 Å². The van der Waals surface area contributed by atoms with Crippen LogP contribution in [0.4, 0.5) is 5.82 Å². The molecule has 0 saturated carbocycles. The number of anilines is 1. The molecule has 7 heteroatoms. The topological polar surface area (TPSA) is 52.4 Å². The number of pyridine rings is 1. The Morgan fingerprint density at radius 3 is 3.00 bits per heavy atom.